The first-order chi connectivity index (χ1) is 8.66. The van der Waals surface area contributed by atoms with Gasteiger partial charge in [-0.3, -0.25) is 0 Å². The van der Waals surface area contributed by atoms with Gasteiger partial charge in [-0.1, -0.05) is 0 Å². The minimum atomic E-state index is -1.04. The molecule has 1 aromatic carbocycles. The van der Waals surface area contributed by atoms with Crippen molar-refractivity contribution >= 4 is 0 Å². The minimum absolute atomic E-state index is 0.00910. The van der Waals surface area contributed by atoms with Crippen LogP contribution in [0.2, 0.25) is 0 Å². The molecule has 0 radical (unpaired) electrons. The van der Waals surface area contributed by atoms with E-state index in [9.17, 15) is 13.9 Å². The van der Waals surface area contributed by atoms with E-state index in [-0.39, 0.29) is 12.1 Å². The summed E-state index contributed by atoms with van der Waals surface area (Å²) in [7, 11) is 0. The van der Waals surface area contributed by atoms with Crippen LogP contribution in [-0.2, 0) is 4.74 Å². The third kappa shape index (κ3) is 3.48. The van der Waals surface area contributed by atoms with Crippen molar-refractivity contribution in [2.24, 2.45) is 5.92 Å². The van der Waals surface area contributed by atoms with Crippen LogP contribution in [0.25, 0.3) is 0 Å². The van der Waals surface area contributed by atoms with Crippen molar-refractivity contribution in [1.82, 2.24) is 5.32 Å². The smallest absolute Gasteiger partial charge is 0.129 e. The molecule has 1 saturated heterocycles. The highest BCUT2D eigenvalue weighted by molar-refractivity contribution is 5.21. The molecule has 1 aromatic rings. The molecule has 18 heavy (non-hydrogen) atoms. The number of aliphatic hydroxyl groups is 1. The van der Waals surface area contributed by atoms with Crippen molar-refractivity contribution < 1.29 is 18.6 Å². The highest BCUT2D eigenvalue weighted by Crippen LogP contribution is 2.18. The molecule has 1 fully saturated rings. The molecule has 1 aliphatic heterocycles. The molecule has 1 heterocycles. The maximum absolute atomic E-state index is 13.4. The largest absolute Gasteiger partial charge is 0.387 e. The van der Waals surface area contributed by atoms with Crippen molar-refractivity contribution in [3.05, 3.63) is 35.4 Å². The molecule has 3 nitrogen and oxygen atoms in total. The Balaban J connectivity index is 1.83. The van der Waals surface area contributed by atoms with Gasteiger partial charge in [-0.25, -0.2) is 8.78 Å². The van der Waals surface area contributed by atoms with Crippen LogP contribution in [0.5, 0.6) is 0 Å². The SMILES string of the molecule is OC(CNCC1CCOC1)c1cc(F)ccc1F. The molecule has 0 saturated carbocycles. The van der Waals surface area contributed by atoms with E-state index in [2.05, 4.69) is 5.32 Å². The maximum atomic E-state index is 13.4. The van der Waals surface area contributed by atoms with E-state index in [0.29, 0.717) is 12.5 Å². The number of hydrogen-bond acceptors (Lipinski definition) is 3. The van der Waals surface area contributed by atoms with Gasteiger partial charge in [0.15, 0.2) is 0 Å². The highest BCUT2D eigenvalue weighted by atomic mass is 19.1. The molecule has 2 atom stereocenters. The van der Waals surface area contributed by atoms with Gasteiger partial charge < -0.3 is 15.2 Å². The Bertz CT molecular complexity index is 395. The first kappa shape index (κ1) is 13.4. The lowest BCUT2D eigenvalue weighted by molar-refractivity contribution is 0.163. The Labute approximate surface area is 105 Å². The van der Waals surface area contributed by atoms with Crippen molar-refractivity contribution in [2.45, 2.75) is 12.5 Å². The van der Waals surface area contributed by atoms with E-state index in [4.69, 9.17) is 4.74 Å². The summed E-state index contributed by atoms with van der Waals surface area (Å²) < 4.78 is 31.6. The van der Waals surface area contributed by atoms with E-state index in [0.717, 1.165) is 37.8 Å². The number of halogens is 2. The van der Waals surface area contributed by atoms with Gasteiger partial charge in [0.1, 0.15) is 11.6 Å². The zero-order valence-electron chi connectivity index (χ0n) is 10.0. The molecule has 0 spiro atoms. The second kappa shape index (κ2) is 6.22. The lowest BCUT2D eigenvalue weighted by Crippen LogP contribution is -2.28. The number of benzene rings is 1. The molecule has 0 amide bonds. The monoisotopic (exact) mass is 257 g/mol. The lowest BCUT2D eigenvalue weighted by Gasteiger charge is -2.15. The molecule has 100 valence electrons. The minimum Gasteiger partial charge on any atom is -0.387 e. The van der Waals surface area contributed by atoms with Gasteiger partial charge in [-0.2, -0.15) is 0 Å². The van der Waals surface area contributed by atoms with Crippen molar-refractivity contribution in [1.29, 1.82) is 0 Å². The molecule has 2 N–H and O–H groups in total. The van der Waals surface area contributed by atoms with Crippen LogP contribution in [0, 0.1) is 17.6 Å². The summed E-state index contributed by atoms with van der Waals surface area (Å²) in [5.74, 6) is -0.695. The van der Waals surface area contributed by atoms with E-state index in [1.54, 1.807) is 0 Å². The molecule has 0 aromatic heterocycles. The summed E-state index contributed by atoms with van der Waals surface area (Å²) in [5, 5.41) is 12.9. The molecule has 2 unspecified atom stereocenters. The van der Waals surface area contributed by atoms with Crippen molar-refractivity contribution in [2.75, 3.05) is 26.3 Å². The summed E-state index contributed by atoms with van der Waals surface area (Å²) in [5.41, 5.74) is -0.00910. The third-order valence-electron chi connectivity index (χ3n) is 3.11. The number of nitrogens with one attached hydrogen (secondary N) is 1. The van der Waals surface area contributed by atoms with Crippen LogP contribution >= 0.6 is 0 Å². The highest BCUT2D eigenvalue weighted by Gasteiger charge is 2.17. The molecule has 5 heteroatoms. The van der Waals surface area contributed by atoms with Crippen molar-refractivity contribution in [3.63, 3.8) is 0 Å². The van der Waals surface area contributed by atoms with E-state index in [1.165, 1.54) is 0 Å². The van der Waals surface area contributed by atoms with Gasteiger partial charge in [-0.05, 0) is 30.5 Å². The van der Waals surface area contributed by atoms with Crippen LogP contribution in [0.1, 0.15) is 18.1 Å². The molecule has 0 aliphatic carbocycles. The summed E-state index contributed by atoms with van der Waals surface area (Å²) >= 11 is 0. The predicted octanol–water partition coefficient (Wildman–Crippen LogP) is 1.62. The van der Waals surface area contributed by atoms with E-state index in [1.807, 2.05) is 0 Å². The summed E-state index contributed by atoms with van der Waals surface area (Å²) in [6.07, 6.45) is -0.0414. The standard InChI is InChI=1S/C13H17F2NO2/c14-10-1-2-12(15)11(5-10)13(17)7-16-6-9-3-4-18-8-9/h1-2,5,9,13,16-17H,3-4,6-8H2. The normalized spacial score (nSPS) is 21.2. The van der Waals surface area contributed by atoms with Crippen LogP contribution < -0.4 is 5.32 Å². The quantitative estimate of drug-likeness (QED) is 0.842. The fourth-order valence-corrected chi connectivity index (χ4v) is 2.05. The topological polar surface area (TPSA) is 41.5 Å². The average molecular weight is 257 g/mol. The number of aliphatic hydroxyl groups excluding tert-OH is 1. The molecule has 0 bridgehead atoms. The fourth-order valence-electron chi connectivity index (χ4n) is 2.05. The molecule has 2 rings (SSSR count). The third-order valence-corrected chi connectivity index (χ3v) is 3.11. The van der Waals surface area contributed by atoms with Gasteiger partial charge in [-0.15, -0.1) is 0 Å². The lowest BCUT2D eigenvalue weighted by atomic mass is 10.1. The van der Waals surface area contributed by atoms with Crippen LogP contribution in [0.4, 0.5) is 8.78 Å². The summed E-state index contributed by atoms with van der Waals surface area (Å²) in [4.78, 5) is 0. The molecule has 1 aliphatic rings. The number of ether oxygens (including phenoxy) is 1. The van der Waals surface area contributed by atoms with Crippen LogP contribution in [-0.4, -0.2) is 31.4 Å². The number of rotatable bonds is 5. The van der Waals surface area contributed by atoms with Crippen molar-refractivity contribution in [3.8, 4) is 0 Å². The molecular formula is C13H17F2NO2. The molecular weight excluding hydrogens is 240 g/mol. The average Bonchev–Trinajstić information content (AvgIpc) is 2.85. The Kier molecular flexibility index (Phi) is 4.63. The predicted molar refractivity (Wildman–Crippen MR) is 63.1 cm³/mol. The Hall–Kier alpha value is -1.04. The first-order valence-electron chi connectivity index (χ1n) is 6.08. The van der Waals surface area contributed by atoms with E-state index < -0.39 is 17.7 Å². The Morgan fingerprint density at radius 2 is 2.28 bits per heavy atom. The van der Waals surface area contributed by atoms with Gasteiger partial charge in [0.25, 0.3) is 0 Å². The second-order valence-electron chi connectivity index (χ2n) is 4.57. The fraction of sp³-hybridized carbons (Fsp3) is 0.538. The zero-order chi connectivity index (χ0) is 13.0. The van der Waals surface area contributed by atoms with Crippen LogP contribution in [0.3, 0.4) is 0 Å². The van der Waals surface area contributed by atoms with Crippen LogP contribution in [0.15, 0.2) is 18.2 Å². The van der Waals surface area contributed by atoms with E-state index >= 15 is 0 Å². The Morgan fingerprint density at radius 3 is 3.00 bits per heavy atom. The number of hydrogen-bond donors (Lipinski definition) is 2. The van der Waals surface area contributed by atoms with Gasteiger partial charge in [0, 0.05) is 25.3 Å². The zero-order valence-corrected chi connectivity index (χ0v) is 10.0. The second-order valence-corrected chi connectivity index (χ2v) is 4.57. The van der Waals surface area contributed by atoms with Gasteiger partial charge in [0.05, 0.1) is 12.7 Å². The summed E-state index contributed by atoms with van der Waals surface area (Å²) in [6, 6.07) is 3.09. The van der Waals surface area contributed by atoms with Gasteiger partial charge in [0.2, 0.25) is 0 Å². The van der Waals surface area contributed by atoms with Gasteiger partial charge >= 0.3 is 0 Å². The maximum Gasteiger partial charge on any atom is 0.129 e. The Morgan fingerprint density at radius 1 is 1.44 bits per heavy atom. The summed E-state index contributed by atoms with van der Waals surface area (Å²) in [6.45, 7) is 2.41. The first-order valence-corrected chi connectivity index (χ1v) is 6.08.